The first-order valence-electron chi connectivity index (χ1n) is 5.74. The molecule has 0 amide bonds. The summed E-state index contributed by atoms with van der Waals surface area (Å²) in [6.45, 7) is 4.14. The van der Waals surface area contributed by atoms with Crippen LogP contribution in [-0.4, -0.2) is 24.9 Å². The molecule has 0 bridgehead atoms. The lowest BCUT2D eigenvalue weighted by Gasteiger charge is -2.11. The Kier molecular flexibility index (Phi) is 3.80. The molecule has 3 nitrogen and oxygen atoms in total. The standard InChI is InChI=1S/C13H18O3/c1-10(14)12-2-4-13(5-3-12)16-9-11-6-7-15-8-11/h2-5,10-11,14H,6-9H2,1H3. The minimum Gasteiger partial charge on any atom is -0.493 e. The van der Waals surface area contributed by atoms with Gasteiger partial charge in [-0.2, -0.15) is 0 Å². The smallest absolute Gasteiger partial charge is 0.119 e. The van der Waals surface area contributed by atoms with Crippen molar-refractivity contribution in [1.82, 2.24) is 0 Å². The summed E-state index contributed by atoms with van der Waals surface area (Å²) in [6.07, 6.45) is 0.670. The van der Waals surface area contributed by atoms with E-state index in [1.54, 1.807) is 6.92 Å². The fourth-order valence-electron chi connectivity index (χ4n) is 1.77. The van der Waals surface area contributed by atoms with Crippen LogP contribution >= 0.6 is 0 Å². The molecular formula is C13H18O3. The van der Waals surface area contributed by atoms with Crippen molar-refractivity contribution in [3.05, 3.63) is 29.8 Å². The monoisotopic (exact) mass is 222 g/mol. The van der Waals surface area contributed by atoms with Crippen molar-refractivity contribution in [3.8, 4) is 5.75 Å². The number of benzene rings is 1. The number of hydrogen-bond donors (Lipinski definition) is 1. The van der Waals surface area contributed by atoms with Crippen molar-refractivity contribution >= 4 is 0 Å². The average Bonchev–Trinajstić information content (AvgIpc) is 2.80. The van der Waals surface area contributed by atoms with Gasteiger partial charge in [0.05, 0.1) is 19.3 Å². The van der Waals surface area contributed by atoms with Gasteiger partial charge in [-0.15, -0.1) is 0 Å². The number of ether oxygens (including phenoxy) is 2. The maximum atomic E-state index is 9.36. The van der Waals surface area contributed by atoms with Gasteiger partial charge in [-0.3, -0.25) is 0 Å². The highest BCUT2D eigenvalue weighted by Gasteiger charge is 2.16. The molecule has 0 saturated carbocycles. The van der Waals surface area contributed by atoms with E-state index in [0.29, 0.717) is 12.5 Å². The van der Waals surface area contributed by atoms with Crippen LogP contribution in [0.15, 0.2) is 24.3 Å². The molecule has 2 unspecified atom stereocenters. The molecule has 1 aliphatic heterocycles. The van der Waals surface area contributed by atoms with Crippen LogP contribution in [0.2, 0.25) is 0 Å². The van der Waals surface area contributed by atoms with Gasteiger partial charge in [-0.1, -0.05) is 12.1 Å². The molecule has 1 N–H and O–H groups in total. The molecule has 0 aliphatic carbocycles. The van der Waals surface area contributed by atoms with E-state index in [2.05, 4.69) is 0 Å². The lowest BCUT2D eigenvalue weighted by atomic mass is 10.1. The van der Waals surface area contributed by atoms with Crippen molar-refractivity contribution < 1.29 is 14.6 Å². The zero-order chi connectivity index (χ0) is 11.4. The first-order chi connectivity index (χ1) is 7.75. The largest absolute Gasteiger partial charge is 0.493 e. The van der Waals surface area contributed by atoms with Gasteiger partial charge in [-0.05, 0) is 31.0 Å². The van der Waals surface area contributed by atoms with Gasteiger partial charge in [0.15, 0.2) is 0 Å². The Hall–Kier alpha value is -1.06. The predicted molar refractivity (Wildman–Crippen MR) is 61.5 cm³/mol. The number of aliphatic hydroxyl groups excluding tert-OH is 1. The van der Waals surface area contributed by atoms with Crippen molar-refractivity contribution in [2.24, 2.45) is 5.92 Å². The minimum atomic E-state index is -0.419. The summed E-state index contributed by atoms with van der Waals surface area (Å²) in [5, 5.41) is 9.36. The molecule has 0 spiro atoms. The molecular weight excluding hydrogens is 204 g/mol. The highest BCUT2D eigenvalue weighted by atomic mass is 16.5. The fourth-order valence-corrected chi connectivity index (χ4v) is 1.77. The lowest BCUT2D eigenvalue weighted by molar-refractivity contribution is 0.167. The van der Waals surface area contributed by atoms with E-state index in [-0.39, 0.29) is 0 Å². The Balaban J connectivity index is 1.84. The van der Waals surface area contributed by atoms with Crippen molar-refractivity contribution in [3.63, 3.8) is 0 Å². The highest BCUT2D eigenvalue weighted by Crippen LogP contribution is 2.19. The number of aliphatic hydroxyl groups is 1. The normalized spacial score (nSPS) is 22.0. The van der Waals surface area contributed by atoms with Crippen molar-refractivity contribution in [1.29, 1.82) is 0 Å². The van der Waals surface area contributed by atoms with E-state index in [9.17, 15) is 5.11 Å². The summed E-state index contributed by atoms with van der Waals surface area (Å²) < 4.78 is 10.9. The van der Waals surface area contributed by atoms with Gasteiger partial charge in [0.1, 0.15) is 5.75 Å². The van der Waals surface area contributed by atoms with E-state index in [1.165, 1.54) is 0 Å². The second-order valence-corrected chi connectivity index (χ2v) is 4.29. The fraction of sp³-hybridized carbons (Fsp3) is 0.538. The second-order valence-electron chi connectivity index (χ2n) is 4.29. The molecule has 16 heavy (non-hydrogen) atoms. The van der Waals surface area contributed by atoms with Crippen LogP contribution in [0, 0.1) is 5.92 Å². The van der Waals surface area contributed by atoms with Crippen LogP contribution in [0.5, 0.6) is 5.75 Å². The molecule has 2 rings (SSSR count). The summed E-state index contributed by atoms with van der Waals surface area (Å²) in [6, 6.07) is 7.59. The van der Waals surface area contributed by atoms with Crippen LogP contribution < -0.4 is 4.74 Å². The third-order valence-electron chi connectivity index (χ3n) is 2.87. The van der Waals surface area contributed by atoms with E-state index in [0.717, 1.165) is 30.9 Å². The zero-order valence-corrected chi connectivity index (χ0v) is 9.56. The molecule has 2 atom stereocenters. The van der Waals surface area contributed by atoms with E-state index >= 15 is 0 Å². The first kappa shape index (κ1) is 11.4. The topological polar surface area (TPSA) is 38.7 Å². The molecule has 1 saturated heterocycles. The van der Waals surface area contributed by atoms with Crippen molar-refractivity contribution in [2.45, 2.75) is 19.4 Å². The first-order valence-corrected chi connectivity index (χ1v) is 5.74. The molecule has 1 aromatic carbocycles. The summed E-state index contributed by atoms with van der Waals surface area (Å²) in [5.41, 5.74) is 0.913. The van der Waals surface area contributed by atoms with Gasteiger partial charge >= 0.3 is 0 Å². The molecule has 1 aliphatic rings. The van der Waals surface area contributed by atoms with Gasteiger partial charge in [-0.25, -0.2) is 0 Å². The van der Waals surface area contributed by atoms with E-state index < -0.39 is 6.10 Å². The van der Waals surface area contributed by atoms with Gasteiger partial charge in [0.2, 0.25) is 0 Å². The van der Waals surface area contributed by atoms with Gasteiger partial charge in [0, 0.05) is 12.5 Å². The quantitative estimate of drug-likeness (QED) is 0.848. The Morgan fingerprint density at radius 3 is 2.75 bits per heavy atom. The Labute approximate surface area is 96.0 Å². The second kappa shape index (κ2) is 5.32. The maximum absolute atomic E-state index is 9.36. The molecule has 1 fully saturated rings. The van der Waals surface area contributed by atoms with Crippen molar-refractivity contribution in [2.75, 3.05) is 19.8 Å². The molecule has 0 aromatic heterocycles. The lowest BCUT2D eigenvalue weighted by Crippen LogP contribution is -2.11. The third kappa shape index (κ3) is 2.97. The summed E-state index contributed by atoms with van der Waals surface area (Å²) in [7, 11) is 0. The minimum absolute atomic E-state index is 0.419. The molecule has 3 heteroatoms. The Bertz CT molecular complexity index is 312. The Morgan fingerprint density at radius 1 is 1.44 bits per heavy atom. The van der Waals surface area contributed by atoms with Gasteiger partial charge in [0.25, 0.3) is 0 Å². The van der Waals surface area contributed by atoms with Crippen LogP contribution in [0.4, 0.5) is 0 Å². The SMILES string of the molecule is CC(O)c1ccc(OCC2CCOC2)cc1. The third-order valence-corrected chi connectivity index (χ3v) is 2.87. The number of rotatable bonds is 4. The summed E-state index contributed by atoms with van der Waals surface area (Å²) in [4.78, 5) is 0. The summed E-state index contributed by atoms with van der Waals surface area (Å²) in [5.74, 6) is 1.38. The van der Waals surface area contributed by atoms with Gasteiger partial charge < -0.3 is 14.6 Å². The maximum Gasteiger partial charge on any atom is 0.119 e. The Morgan fingerprint density at radius 2 is 2.19 bits per heavy atom. The van der Waals surface area contributed by atoms with E-state index in [4.69, 9.17) is 9.47 Å². The molecule has 1 aromatic rings. The van der Waals surface area contributed by atoms with Crippen LogP contribution in [0.1, 0.15) is 25.0 Å². The predicted octanol–water partition coefficient (Wildman–Crippen LogP) is 2.16. The van der Waals surface area contributed by atoms with Crippen LogP contribution in [0.25, 0.3) is 0 Å². The van der Waals surface area contributed by atoms with Crippen LogP contribution in [0.3, 0.4) is 0 Å². The number of hydrogen-bond acceptors (Lipinski definition) is 3. The van der Waals surface area contributed by atoms with Crippen LogP contribution in [-0.2, 0) is 4.74 Å². The average molecular weight is 222 g/mol. The zero-order valence-electron chi connectivity index (χ0n) is 9.56. The van der Waals surface area contributed by atoms with E-state index in [1.807, 2.05) is 24.3 Å². The molecule has 0 radical (unpaired) electrons. The molecule has 1 heterocycles. The highest BCUT2D eigenvalue weighted by molar-refractivity contribution is 5.28. The molecule has 88 valence electrons. The summed E-state index contributed by atoms with van der Waals surface area (Å²) >= 11 is 0.